The zero-order valence-electron chi connectivity index (χ0n) is 10.3. The Morgan fingerprint density at radius 3 is 2.76 bits per heavy atom. The highest BCUT2D eigenvalue weighted by Gasteiger charge is 2.24. The number of nitrogens with two attached hydrogens (primary N) is 1. The predicted octanol–water partition coefficient (Wildman–Crippen LogP) is 3.12. The Kier molecular flexibility index (Phi) is 4.43. The van der Waals surface area contributed by atoms with E-state index in [0.717, 1.165) is 16.5 Å². The van der Waals surface area contributed by atoms with Crippen molar-refractivity contribution in [1.82, 2.24) is 5.32 Å². The second-order valence-electron chi connectivity index (χ2n) is 5.09. The number of hydrogen-bond donors (Lipinski definition) is 2. The van der Waals surface area contributed by atoms with Crippen LogP contribution in [-0.4, -0.2) is 12.6 Å². The molecule has 3 N–H and O–H groups in total. The van der Waals surface area contributed by atoms with E-state index in [-0.39, 0.29) is 6.04 Å². The minimum Gasteiger partial charge on any atom is -0.329 e. The fourth-order valence-corrected chi connectivity index (χ4v) is 2.95. The lowest BCUT2D eigenvalue weighted by Crippen LogP contribution is -2.35. The minimum absolute atomic E-state index is 0.180. The van der Waals surface area contributed by atoms with Crippen LogP contribution in [0, 0.1) is 5.92 Å². The molecule has 3 heteroatoms. The summed E-state index contributed by atoms with van der Waals surface area (Å²) >= 11 is 6.22. The fourth-order valence-electron chi connectivity index (χ4n) is 2.69. The maximum absolute atomic E-state index is 6.22. The topological polar surface area (TPSA) is 38.0 Å². The fraction of sp³-hybridized carbons (Fsp3) is 0.571. The SMILES string of the molecule is CC1CCC(NC(CN)c2ccccc2Cl)C1. The number of nitrogens with one attached hydrogen (secondary N) is 1. The smallest absolute Gasteiger partial charge is 0.0461 e. The van der Waals surface area contributed by atoms with Gasteiger partial charge < -0.3 is 11.1 Å². The van der Waals surface area contributed by atoms with Crippen molar-refractivity contribution in [3.05, 3.63) is 34.9 Å². The molecule has 0 bridgehead atoms. The van der Waals surface area contributed by atoms with Crippen molar-refractivity contribution < 1.29 is 0 Å². The normalized spacial score (nSPS) is 26.1. The van der Waals surface area contributed by atoms with Crippen molar-refractivity contribution in [2.24, 2.45) is 11.7 Å². The molecule has 0 aromatic heterocycles. The van der Waals surface area contributed by atoms with Gasteiger partial charge in [0.25, 0.3) is 0 Å². The number of halogens is 1. The molecule has 3 atom stereocenters. The quantitative estimate of drug-likeness (QED) is 0.864. The first-order valence-corrected chi connectivity index (χ1v) is 6.79. The van der Waals surface area contributed by atoms with Crippen molar-refractivity contribution in [2.75, 3.05) is 6.54 Å². The lowest BCUT2D eigenvalue weighted by Gasteiger charge is -2.23. The zero-order chi connectivity index (χ0) is 12.3. The van der Waals surface area contributed by atoms with E-state index in [2.05, 4.69) is 18.3 Å². The van der Waals surface area contributed by atoms with Crippen LogP contribution in [0.25, 0.3) is 0 Å². The molecule has 94 valence electrons. The lowest BCUT2D eigenvalue weighted by molar-refractivity contribution is 0.434. The molecule has 1 saturated carbocycles. The largest absolute Gasteiger partial charge is 0.329 e. The standard InChI is InChI=1S/C14H21ClN2/c1-10-6-7-11(8-10)17-14(9-16)12-4-2-3-5-13(12)15/h2-5,10-11,14,17H,6-9,16H2,1H3. The molecule has 0 spiro atoms. The summed E-state index contributed by atoms with van der Waals surface area (Å²) in [6.07, 6.45) is 3.82. The molecule has 0 radical (unpaired) electrons. The number of rotatable bonds is 4. The minimum atomic E-state index is 0.180. The van der Waals surface area contributed by atoms with E-state index >= 15 is 0 Å². The summed E-state index contributed by atoms with van der Waals surface area (Å²) in [7, 11) is 0. The van der Waals surface area contributed by atoms with Crippen molar-refractivity contribution in [3.8, 4) is 0 Å². The first-order valence-electron chi connectivity index (χ1n) is 6.41. The summed E-state index contributed by atoms with van der Waals surface area (Å²) in [5, 5.41) is 4.45. The molecule has 1 aromatic carbocycles. The van der Waals surface area contributed by atoms with Gasteiger partial charge in [0.2, 0.25) is 0 Å². The summed E-state index contributed by atoms with van der Waals surface area (Å²) in [5.41, 5.74) is 6.99. The molecule has 3 unspecified atom stereocenters. The molecule has 1 aliphatic carbocycles. The monoisotopic (exact) mass is 252 g/mol. The molecule has 0 saturated heterocycles. The van der Waals surface area contributed by atoms with E-state index in [1.54, 1.807) is 0 Å². The second kappa shape index (κ2) is 5.85. The Morgan fingerprint density at radius 2 is 2.18 bits per heavy atom. The number of benzene rings is 1. The van der Waals surface area contributed by atoms with Crippen LogP contribution in [0.2, 0.25) is 5.02 Å². The molecule has 1 aliphatic rings. The highest BCUT2D eigenvalue weighted by atomic mass is 35.5. The van der Waals surface area contributed by atoms with E-state index in [1.807, 2.05) is 18.2 Å². The summed E-state index contributed by atoms with van der Waals surface area (Å²) in [6, 6.07) is 8.73. The second-order valence-corrected chi connectivity index (χ2v) is 5.50. The Balaban J connectivity index is 2.04. The van der Waals surface area contributed by atoms with Crippen LogP contribution < -0.4 is 11.1 Å². The summed E-state index contributed by atoms with van der Waals surface area (Å²) < 4.78 is 0. The Hall–Kier alpha value is -0.570. The van der Waals surface area contributed by atoms with Gasteiger partial charge in [0.15, 0.2) is 0 Å². The first kappa shape index (κ1) is 12.9. The van der Waals surface area contributed by atoms with Crippen molar-refractivity contribution >= 4 is 11.6 Å². The Morgan fingerprint density at radius 1 is 1.41 bits per heavy atom. The van der Waals surface area contributed by atoms with E-state index in [1.165, 1.54) is 19.3 Å². The average molecular weight is 253 g/mol. The van der Waals surface area contributed by atoms with Crippen LogP contribution in [0.5, 0.6) is 0 Å². The van der Waals surface area contributed by atoms with Crippen LogP contribution >= 0.6 is 11.6 Å². The van der Waals surface area contributed by atoms with Gasteiger partial charge in [-0.2, -0.15) is 0 Å². The number of hydrogen-bond acceptors (Lipinski definition) is 2. The molecule has 0 aliphatic heterocycles. The van der Waals surface area contributed by atoms with Crippen LogP contribution in [0.1, 0.15) is 37.8 Å². The highest BCUT2D eigenvalue weighted by Crippen LogP contribution is 2.28. The van der Waals surface area contributed by atoms with Crippen molar-refractivity contribution in [3.63, 3.8) is 0 Å². The molecule has 17 heavy (non-hydrogen) atoms. The van der Waals surface area contributed by atoms with Gasteiger partial charge in [-0.05, 0) is 36.8 Å². The maximum atomic E-state index is 6.22. The lowest BCUT2D eigenvalue weighted by atomic mass is 10.0. The van der Waals surface area contributed by atoms with Crippen LogP contribution in [0.3, 0.4) is 0 Å². The van der Waals surface area contributed by atoms with Crippen LogP contribution in [0.4, 0.5) is 0 Å². The van der Waals surface area contributed by atoms with E-state index < -0.39 is 0 Å². The molecular formula is C14H21ClN2. The Labute approximate surface area is 109 Å². The molecule has 2 rings (SSSR count). The molecule has 1 aromatic rings. The van der Waals surface area contributed by atoms with Gasteiger partial charge in [-0.3, -0.25) is 0 Å². The van der Waals surface area contributed by atoms with Crippen molar-refractivity contribution in [1.29, 1.82) is 0 Å². The molecule has 2 nitrogen and oxygen atoms in total. The van der Waals surface area contributed by atoms with E-state index in [0.29, 0.717) is 12.6 Å². The van der Waals surface area contributed by atoms with E-state index in [9.17, 15) is 0 Å². The van der Waals surface area contributed by atoms with Gasteiger partial charge >= 0.3 is 0 Å². The Bertz CT molecular complexity index is 367. The summed E-state index contributed by atoms with van der Waals surface area (Å²) in [5.74, 6) is 0.831. The third kappa shape index (κ3) is 3.21. The van der Waals surface area contributed by atoms with Crippen LogP contribution in [0.15, 0.2) is 24.3 Å². The first-order chi connectivity index (χ1) is 8.20. The third-order valence-electron chi connectivity index (χ3n) is 3.65. The average Bonchev–Trinajstić information content (AvgIpc) is 2.73. The van der Waals surface area contributed by atoms with Gasteiger partial charge in [0, 0.05) is 23.7 Å². The van der Waals surface area contributed by atoms with E-state index in [4.69, 9.17) is 17.3 Å². The molecule has 1 fully saturated rings. The zero-order valence-corrected chi connectivity index (χ0v) is 11.1. The van der Waals surface area contributed by atoms with Gasteiger partial charge in [-0.25, -0.2) is 0 Å². The molecule has 0 amide bonds. The van der Waals surface area contributed by atoms with Crippen LogP contribution in [-0.2, 0) is 0 Å². The third-order valence-corrected chi connectivity index (χ3v) is 3.99. The maximum Gasteiger partial charge on any atom is 0.0461 e. The summed E-state index contributed by atoms with van der Waals surface area (Å²) in [6.45, 7) is 2.91. The summed E-state index contributed by atoms with van der Waals surface area (Å²) in [4.78, 5) is 0. The molecule has 0 heterocycles. The van der Waals surface area contributed by atoms with Gasteiger partial charge in [0.1, 0.15) is 0 Å². The predicted molar refractivity (Wildman–Crippen MR) is 73.2 cm³/mol. The van der Waals surface area contributed by atoms with Crippen molar-refractivity contribution in [2.45, 2.75) is 38.3 Å². The molecular weight excluding hydrogens is 232 g/mol. The highest BCUT2D eigenvalue weighted by molar-refractivity contribution is 6.31. The van der Waals surface area contributed by atoms with Gasteiger partial charge in [-0.15, -0.1) is 0 Å². The van der Waals surface area contributed by atoms with Gasteiger partial charge in [0.05, 0.1) is 0 Å². The van der Waals surface area contributed by atoms with Gasteiger partial charge in [-0.1, -0.05) is 36.7 Å².